The highest BCUT2D eigenvalue weighted by Gasteiger charge is 2.40. The summed E-state index contributed by atoms with van der Waals surface area (Å²) in [4.78, 5) is 61.8. The van der Waals surface area contributed by atoms with Gasteiger partial charge in [-0.15, -0.1) is 0 Å². The number of hydrogen-bond donors (Lipinski definition) is 2. The zero-order chi connectivity index (χ0) is 23.0. The molecule has 0 spiro atoms. The van der Waals surface area contributed by atoms with Gasteiger partial charge in [0.1, 0.15) is 25.0 Å². The first-order valence-electron chi connectivity index (χ1n) is 9.23. The van der Waals surface area contributed by atoms with E-state index in [9.17, 15) is 24.0 Å². The molecule has 31 heavy (non-hydrogen) atoms. The topological polar surface area (TPSA) is 163 Å². The van der Waals surface area contributed by atoms with Crippen molar-refractivity contribution in [3.8, 4) is 0 Å². The second-order valence-electron chi connectivity index (χ2n) is 6.32. The van der Waals surface area contributed by atoms with Crippen LogP contribution in [0.3, 0.4) is 0 Å². The number of nitrogens with one attached hydrogen (secondary N) is 1. The molecule has 1 aromatic heterocycles. The van der Waals surface area contributed by atoms with Crippen LogP contribution in [0.5, 0.6) is 0 Å². The molecule has 0 bridgehead atoms. The van der Waals surface area contributed by atoms with Gasteiger partial charge < -0.3 is 24.1 Å². The molecule has 0 amide bonds. The van der Waals surface area contributed by atoms with Crippen LogP contribution in [0.4, 0.5) is 4.79 Å². The van der Waals surface area contributed by atoms with Crippen LogP contribution in [0.25, 0.3) is 6.08 Å². The molecular weight excluding hydrogens is 484 g/mol. The number of rotatable bonds is 9. The van der Waals surface area contributed by atoms with Gasteiger partial charge in [-0.1, -0.05) is 15.9 Å². The molecule has 0 aliphatic carbocycles. The molecule has 0 aromatic carbocycles. The van der Waals surface area contributed by atoms with Gasteiger partial charge >= 0.3 is 23.8 Å². The largest absolute Gasteiger partial charge is 0.508 e. The molecular formula is C18H21BrN2O10. The zero-order valence-corrected chi connectivity index (χ0v) is 18.0. The second-order valence-corrected chi connectivity index (χ2v) is 6.85. The van der Waals surface area contributed by atoms with Crippen molar-refractivity contribution < 1.29 is 38.4 Å². The Balaban J connectivity index is 2.21. The van der Waals surface area contributed by atoms with E-state index in [1.165, 1.54) is 17.3 Å². The van der Waals surface area contributed by atoms with E-state index >= 15 is 0 Å². The van der Waals surface area contributed by atoms with Crippen LogP contribution in [0.15, 0.2) is 20.8 Å². The van der Waals surface area contributed by atoms with Gasteiger partial charge in [0.05, 0.1) is 25.0 Å². The van der Waals surface area contributed by atoms with Crippen molar-refractivity contribution in [1.29, 1.82) is 0 Å². The maximum Gasteiger partial charge on any atom is 0.508 e. The van der Waals surface area contributed by atoms with Gasteiger partial charge in [-0.05, 0) is 18.0 Å². The Labute approximate surface area is 183 Å². The highest BCUT2D eigenvalue weighted by molar-refractivity contribution is 9.11. The summed E-state index contributed by atoms with van der Waals surface area (Å²) >= 11 is 3.05. The van der Waals surface area contributed by atoms with Gasteiger partial charge in [-0.3, -0.25) is 23.9 Å². The van der Waals surface area contributed by atoms with Gasteiger partial charge in [0, 0.05) is 12.6 Å². The zero-order valence-electron chi connectivity index (χ0n) is 16.4. The van der Waals surface area contributed by atoms with E-state index in [1.54, 1.807) is 6.92 Å². The van der Waals surface area contributed by atoms with Crippen molar-refractivity contribution in [3.63, 3.8) is 0 Å². The predicted octanol–water partition coefficient (Wildman–Crippen LogP) is 1.14. The van der Waals surface area contributed by atoms with Crippen molar-refractivity contribution in [1.82, 2.24) is 9.55 Å². The molecule has 0 unspecified atom stereocenters. The Kier molecular flexibility index (Phi) is 9.00. The minimum atomic E-state index is -1.16. The molecule has 2 N–H and O–H groups in total. The molecule has 170 valence electrons. The second kappa shape index (κ2) is 11.5. The fourth-order valence-corrected chi connectivity index (χ4v) is 3.08. The monoisotopic (exact) mass is 504 g/mol. The Bertz CT molecular complexity index is 953. The van der Waals surface area contributed by atoms with Crippen LogP contribution < -0.4 is 11.2 Å². The average molecular weight is 505 g/mol. The van der Waals surface area contributed by atoms with Gasteiger partial charge in [-0.2, -0.15) is 0 Å². The number of aromatic amines is 1. The van der Waals surface area contributed by atoms with E-state index in [4.69, 9.17) is 19.3 Å². The minimum Gasteiger partial charge on any atom is -0.481 e. The van der Waals surface area contributed by atoms with Crippen molar-refractivity contribution in [3.05, 3.63) is 37.6 Å². The lowest BCUT2D eigenvalue weighted by atomic mass is 10.2. The van der Waals surface area contributed by atoms with Crippen molar-refractivity contribution in [2.75, 3.05) is 13.2 Å². The van der Waals surface area contributed by atoms with Gasteiger partial charge in [0.25, 0.3) is 5.56 Å². The molecule has 12 nitrogen and oxygen atoms in total. The number of carbonyl (C=O) groups is 3. The summed E-state index contributed by atoms with van der Waals surface area (Å²) in [5.74, 6) is -1.94. The number of hydrogen-bond acceptors (Lipinski definition) is 9. The number of halogens is 1. The van der Waals surface area contributed by atoms with Crippen LogP contribution in [-0.2, 0) is 28.5 Å². The number of carbonyl (C=O) groups excluding carboxylic acids is 2. The fraction of sp³-hybridized carbons (Fsp3) is 0.500. The molecule has 0 radical (unpaired) electrons. The van der Waals surface area contributed by atoms with Crippen LogP contribution >= 0.6 is 15.9 Å². The lowest BCUT2D eigenvalue weighted by Gasteiger charge is -2.18. The van der Waals surface area contributed by atoms with Crippen LogP contribution in [0.1, 0.15) is 38.0 Å². The number of aliphatic carboxylic acids is 1. The SMILES string of the molecule is CCOC(=O)OC[C@H]1O[C@@H](n2cc(/C=C/Br)c(=O)[nH]c2=O)C[C@@H]1OC(=O)CCC(=O)O. The first-order chi connectivity index (χ1) is 14.7. The van der Waals surface area contributed by atoms with E-state index in [0.717, 1.165) is 4.57 Å². The summed E-state index contributed by atoms with van der Waals surface area (Å²) in [6.45, 7) is 1.35. The fourth-order valence-electron chi connectivity index (χ4n) is 2.79. The molecule has 13 heteroatoms. The van der Waals surface area contributed by atoms with Crippen molar-refractivity contribution >= 4 is 40.1 Å². The van der Waals surface area contributed by atoms with E-state index in [0.29, 0.717) is 0 Å². The number of esters is 1. The van der Waals surface area contributed by atoms with Crippen molar-refractivity contribution in [2.45, 2.75) is 44.6 Å². The summed E-state index contributed by atoms with van der Waals surface area (Å²) < 4.78 is 21.8. The molecule has 3 atom stereocenters. The summed E-state index contributed by atoms with van der Waals surface area (Å²) in [7, 11) is 0. The highest BCUT2D eigenvalue weighted by atomic mass is 79.9. The van der Waals surface area contributed by atoms with Gasteiger partial charge in [-0.25, -0.2) is 9.59 Å². The minimum absolute atomic E-state index is 0.000912. The van der Waals surface area contributed by atoms with E-state index in [1.807, 2.05) is 0 Å². The molecule has 2 heterocycles. The summed E-state index contributed by atoms with van der Waals surface area (Å²) in [5, 5.41) is 8.70. The number of nitrogens with zero attached hydrogens (tertiary/aromatic N) is 1. The van der Waals surface area contributed by atoms with Crippen molar-refractivity contribution in [2.24, 2.45) is 0 Å². The Morgan fingerprint density at radius 3 is 2.71 bits per heavy atom. The van der Waals surface area contributed by atoms with E-state index in [2.05, 4.69) is 25.7 Å². The lowest BCUT2D eigenvalue weighted by Crippen LogP contribution is -2.33. The smallest absolute Gasteiger partial charge is 0.481 e. The maximum atomic E-state index is 12.3. The molecule has 1 aliphatic heterocycles. The van der Waals surface area contributed by atoms with Gasteiger partial charge in [0.15, 0.2) is 0 Å². The molecule has 1 aromatic rings. The third-order valence-corrected chi connectivity index (χ3v) is 4.45. The number of aromatic nitrogens is 2. The first kappa shape index (κ1) is 24.3. The summed E-state index contributed by atoms with van der Waals surface area (Å²) in [6.07, 6.45) is -1.85. The molecule has 1 aliphatic rings. The number of ether oxygens (including phenoxy) is 4. The molecule has 0 saturated carbocycles. The van der Waals surface area contributed by atoms with E-state index in [-0.39, 0.29) is 31.6 Å². The van der Waals surface area contributed by atoms with Crippen LogP contribution in [0, 0.1) is 0 Å². The molecule has 1 saturated heterocycles. The van der Waals surface area contributed by atoms with Gasteiger partial charge in [0.2, 0.25) is 0 Å². The Hall–Kier alpha value is -2.93. The first-order valence-corrected chi connectivity index (χ1v) is 10.1. The lowest BCUT2D eigenvalue weighted by molar-refractivity contribution is -0.155. The Morgan fingerprint density at radius 2 is 2.06 bits per heavy atom. The standard InChI is InChI=1S/C18H21BrN2O10/c1-2-28-18(27)29-9-12-11(31-15(24)4-3-14(22)23)7-13(30-12)21-8-10(5-6-19)16(25)20-17(21)26/h5-6,8,11-13H,2-4,7,9H2,1H3,(H,22,23)(H,20,25,26)/b6-5+/t11-,12+,13+/m0/s1. The number of carboxylic acid groups (broad SMARTS) is 1. The molecule has 1 fully saturated rings. The third kappa shape index (κ3) is 7.07. The predicted molar refractivity (Wildman–Crippen MR) is 108 cm³/mol. The van der Waals surface area contributed by atoms with E-state index < -0.39 is 54.2 Å². The third-order valence-electron chi connectivity index (χ3n) is 4.18. The van der Waals surface area contributed by atoms with Crippen LogP contribution in [-0.4, -0.2) is 58.2 Å². The highest BCUT2D eigenvalue weighted by Crippen LogP contribution is 2.30. The Morgan fingerprint density at radius 1 is 1.32 bits per heavy atom. The quantitative estimate of drug-likeness (QED) is 0.465. The van der Waals surface area contributed by atoms with Crippen LogP contribution in [0.2, 0.25) is 0 Å². The maximum absolute atomic E-state index is 12.3. The number of carboxylic acids is 1. The summed E-state index contributed by atoms with van der Waals surface area (Å²) in [6, 6.07) is 0. The average Bonchev–Trinajstić information content (AvgIpc) is 3.09. The number of H-pyrrole nitrogens is 1. The molecule has 2 rings (SSSR count). The summed E-state index contributed by atoms with van der Waals surface area (Å²) in [5.41, 5.74) is -1.18. The normalized spacial score (nSPS) is 20.5.